The van der Waals surface area contributed by atoms with Gasteiger partial charge in [0.05, 0.1) is 0 Å². The van der Waals surface area contributed by atoms with Gasteiger partial charge in [-0.3, -0.25) is 0 Å². The van der Waals surface area contributed by atoms with Crippen LogP contribution in [0.1, 0.15) is 45.3 Å². The van der Waals surface area contributed by atoms with Crippen molar-refractivity contribution in [2.75, 3.05) is 13.7 Å². The van der Waals surface area contributed by atoms with Crippen LogP contribution in [0.5, 0.6) is 0 Å². The quantitative estimate of drug-likeness (QED) is 0.804. The van der Waals surface area contributed by atoms with E-state index >= 15 is 0 Å². The van der Waals surface area contributed by atoms with Crippen LogP contribution in [0.15, 0.2) is 4.52 Å². The van der Waals surface area contributed by atoms with Crippen molar-refractivity contribution in [3.63, 3.8) is 0 Å². The van der Waals surface area contributed by atoms with E-state index in [1.54, 1.807) is 0 Å². The molecule has 1 heterocycles. The number of nitrogens with one attached hydrogen (secondary N) is 1. The normalized spacial score (nSPS) is 18.0. The Bertz CT molecular complexity index is 385. The fourth-order valence-electron chi connectivity index (χ4n) is 2.20. The molecule has 1 aliphatic rings. The molecule has 5 nitrogen and oxygen atoms in total. The van der Waals surface area contributed by atoms with Gasteiger partial charge < -0.3 is 14.6 Å². The summed E-state index contributed by atoms with van der Waals surface area (Å²) in [4.78, 5) is 4.46. The highest BCUT2D eigenvalue weighted by Crippen LogP contribution is 2.34. The number of rotatable bonds is 7. The number of aromatic nitrogens is 2. The van der Waals surface area contributed by atoms with E-state index in [0.717, 1.165) is 12.3 Å². The molecule has 1 aromatic rings. The molecule has 1 saturated carbocycles. The Hall–Kier alpha value is -0.940. The smallest absolute Gasteiger partial charge is 0.228 e. The SMILES string of the molecule is CCOC(C)(C)c1noc(CC(NC)C2CC2)n1. The molecule has 1 N–H and O–H groups in total. The molecule has 0 bridgehead atoms. The Morgan fingerprint density at radius 2 is 2.22 bits per heavy atom. The van der Waals surface area contributed by atoms with Crippen molar-refractivity contribution in [2.45, 2.75) is 51.7 Å². The second-order valence-electron chi connectivity index (χ2n) is 5.39. The summed E-state index contributed by atoms with van der Waals surface area (Å²) < 4.78 is 10.9. The van der Waals surface area contributed by atoms with Crippen LogP contribution in [0.4, 0.5) is 0 Å². The molecule has 1 atom stereocenters. The molecule has 0 radical (unpaired) electrons. The summed E-state index contributed by atoms with van der Waals surface area (Å²) in [5, 5.41) is 7.36. The van der Waals surface area contributed by atoms with Crippen molar-refractivity contribution in [3.05, 3.63) is 11.7 Å². The average Bonchev–Trinajstić information content (AvgIpc) is 3.04. The minimum Gasteiger partial charge on any atom is -0.368 e. The van der Waals surface area contributed by atoms with E-state index in [-0.39, 0.29) is 0 Å². The van der Waals surface area contributed by atoms with Gasteiger partial charge in [-0.15, -0.1) is 0 Å². The Labute approximate surface area is 108 Å². The average molecular weight is 253 g/mol. The van der Waals surface area contributed by atoms with Crippen LogP contribution in [0.3, 0.4) is 0 Å². The number of hydrogen-bond acceptors (Lipinski definition) is 5. The lowest BCUT2D eigenvalue weighted by Gasteiger charge is -2.19. The number of hydrogen-bond donors (Lipinski definition) is 1. The molecular weight excluding hydrogens is 230 g/mol. The van der Waals surface area contributed by atoms with Crippen molar-refractivity contribution in [1.82, 2.24) is 15.5 Å². The maximum Gasteiger partial charge on any atom is 0.228 e. The molecule has 1 fully saturated rings. The third-order valence-corrected chi connectivity index (χ3v) is 3.47. The van der Waals surface area contributed by atoms with Gasteiger partial charge in [-0.25, -0.2) is 0 Å². The van der Waals surface area contributed by atoms with E-state index in [2.05, 4.69) is 15.5 Å². The van der Waals surface area contributed by atoms with E-state index in [1.807, 2.05) is 27.8 Å². The summed E-state index contributed by atoms with van der Waals surface area (Å²) in [5.74, 6) is 2.10. The van der Waals surface area contributed by atoms with E-state index in [0.29, 0.717) is 24.4 Å². The van der Waals surface area contributed by atoms with Gasteiger partial charge in [0, 0.05) is 19.1 Å². The van der Waals surface area contributed by atoms with E-state index in [4.69, 9.17) is 9.26 Å². The molecule has 1 aliphatic carbocycles. The van der Waals surface area contributed by atoms with Crippen LogP contribution in [0, 0.1) is 5.92 Å². The number of nitrogens with zero attached hydrogens (tertiary/aromatic N) is 2. The van der Waals surface area contributed by atoms with Gasteiger partial charge in [-0.1, -0.05) is 5.16 Å². The van der Waals surface area contributed by atoms with Gasteiger partial charge in [-0.05, 0) is 46.6 Å². The Morgan fingerprint density at radius 3 is 2.78 bits per heavy atom. The van der Waals surface area contributed by atoms with Crippen LogP contribution in [-0.2, 0) is 16.8 Å². The largest absolute Gasteiger partial charge is 0.368 e. The topological polar surface area (TPSA) is 60.2 Å². The van der Waals surface area contributed by atoms with Gasteiger partial charge in [0.15, 0.2) is 0 Å². The lowest BCUT2D eigenvalue weighted by Crippen LogP contribution is -2.30. The van der Waals surface area contributed by atoms with Crippen molar-refractivity contribution in [2.24, 2.45) is 5.92 Å². The molecule has 0 saturated heterocycles. The van der Waals surface area contributed by atoms with Crippen molar-refractivity contribution < 1.29 is 9.26 Å². The number of likely N-dealkylation sites (N-methyl/N-ethyl adjacent to an activating group) is 1. The van der Waals surface area contributed by atoms with E-state index in [9.17, 15) is 0 Å². The number of ether oxygens (including phenoxy) is 1. The van der Waals surface area contributed by atoms with Crippen molar-refractivity contribution >= 4 is 0 Å². The second-order valence-corrected chi connectivity index (χ2v) is 5.39. The fraction of sp³-hybridized carbons (Fsp3) is 0.846. The molecule has 1 unspecified atom stereocenters. The molecule has 1 aromatic heterocycles. The van der Waals surface area contributed by atoms with Crippen molar-refractivity contribution in [3.8, 4) is 0 Å². The Kier molecular flexibility index (Phi) is 4.02. The third kappa shape index (κ3) is 3.09. The zero-order valence-corrected chi connectivity index (χ0v) is 11.7. The summed E-state index contributed by atoms with van der Waals surface area (Å²) in [6.45, 7) is 6.52. The van der Waals surface area contributed by atoms with E-state index < -0.39 is 5.60 Å². The lowest BCUT2D eigenvalue weighted by atomic mass is 10.1. The molecule has 0 aliphatic heterocycles. The molecule has 0 aromatic carbocycles. The Balaban J connectivity index is 2.00. The predicted molar refractivity (Wildman–Crippen MR) is 68.2 cm³/mol. The highest BCUT2D eigenvalue weighted by molar-refractivity contribution is 5.00. The molecule has 0 amide bonds. The second kappa shape index (κ2) is 5.36. The molecular formula is C13H23N3O2. The van der Waals surface area contributed by atoms with E-state index in [1.165, 1.54) is 12.8 Å². The predicted octanol–water partition coefficient (Wildman–Crippen LogP) is 1.88. The van der Waals surface area contributed by atoms with Crippen LogP contribution in [0.2, 0.25) is 0 Å². The molecule has 5 heteroatoms. The molecule has 102 valence electrons. The van der Waals surface area contributed by atoms with Gasteiger partial charge in [0.25, 0.3) is 0 Å². The minimum absolute atomic E-state index is 0.452. The third-order valence-electron chi connectivity index (χ3n) is 3.47. The van der Waals surface area contributed by atoms with Gasteiger partial charge in [0.1, 0.15) is 5.60 Å². The summed E-state index contributed by atoms with van der Waals surface area (Å²) in [6.07, 6.45) is 3.41. The first-order valence-corrected chi connectivity index (χ1v) is 6.71. The van der Waals surface area contributed by atoms with Gasteiger partial charge in [-0.2, -0.15) is 4.98 Å². The zero-order valence-electron chi connectivity index (χ0n) is 11.7. The summed E-state index contributed by atoms with van der Waals surface area (Å²) >= 11 is 0. The summed E-state index contributed by atoms with van der Waals surface area (Å²) in [6, 6.07) is 0.452. The summed E-state index contributed by atoms with van der Waals surface area (Å²) in [5.41, 5.74) is -0.481. The van der Waals surface area contributed by atoms with Gasteiger partial charge in [0.2, 0.25) is 11.7 Å². The molecule has 0 spiro atoms. The highest BCUT2D eigenvalue weighted by atomic mass is 16.5. The first-order chi connectivity index (χ1) is 8.56. The van der Waals surface area contributed by atoms with Crippen LogP contribution >= 0.6 is 0 Å². The standard InChI is InChI=1S/C13H23N3O2/c1-5-17-13(2,3)12-15-11(18-16-12)8-10(14-4)9-6-7-9/h9-10,14H,5-8H2,1-4H3. The first kappa shape index (κ1) is 13.5. The molecule has 2 rings (SSSR count). The van der Waals surface area contributed by atoms with Crippen LogP contribution < -0.4 is 5.32 Å². The zero-order chi connectivity index (χ0) is 13.2. The minimum atomic E-state index is -0.481. The molecule has 18 heavy (non-hydrogen) atoms. The maximum atomic E-state index is 5.62. The monoisotopic (exact) mass is 253 g/mol. The van der Waals surface area contributed by atoms with Crippen molar-refractivity contribution in [1.29, 1.82) is 0 Å². The Morgan fingerprint density at radius 1 is 1.50 bits per heavy atom. The maximum absolute atomic E-state index is 5.62. The first-order valence-electron chi connectivity index (χ1n) is 6.71. The summed E-state index contributed by atoms with van der Waals surface area (Å²) in [7, 11) is 1.99. The lowest BCUT2D eigenvalue weighted by molar-refractivity contribution is -0.0221. The van der Waals surface area contributed by atoms with Gasteiger partial charge >= 0.3 is 0 Å². The van der Waals surface area contributed by atoms with Crippen LogP contribution in [-0.4, -0.2) is 29.8 Å². The highest BCUT2D eigenvalue weighted by Gasteiger charge is 2.32. The fourth-order valence-corrected chi connectivity index (χ4v) is 2.20. The van der Waals surface area contributed by atoms with Crippen LogP contribution in [0.25, 0.3) is 0 Å².